The maximum Gasteiger partial charge on any atom is 0.322 e. The molecule has 1 rings (SSSR count). The minimum atomic E-state index is -0.197. The summed E-state index contributed by atoms with van der Waals surface area (Å²) in [6, 6.07) is 9.31. The molecule has 0 saturated carbocycles. The molecule has 0 aliphatic carbocycles. The van der Waals surface area contributed by atoms with E-state index in [9.17, 15) is 4.79 Å². The number of hydrogen-bond donors (Lipinski definition) is 2. The van der Waals surface area contributed by atoms with Gasteiger partial charge in [-0.3, -0.25) is 0 Å². The predicted molar refractivity (Wildman–Crippen MR) is 80.1 cm³/mol. The van der Waals surface area contributed by atoms with E-state index in [1.807, 2.05) is 45.0 Å². The van der Waals surface area contributed by atoms with E-state index in [1.165, 1.54) is 0 Å². The van der Waals surface area contributed by atoms with E-state index in [0.29, 0.717) is 18.7 Å². The number of amides is 2. The van der Waals surface area contributed by atoms with E-state index in [0.717, 1.165) is 5.56 Å². The van der Waals surface area contributed by atoms with E-state index >= 15 is 0 Å². The molecule has 20 heavy (non-hydrogen) atoms. The maximum absolute atomic E-state index is 12.2. The molecule has 0 radical (unpaired) electrons. The van der Waals surface area contributed by atoms with Gasteiger partial charge >= 0.3 is 6.03 Å². The van der Waals surface area contributed by atoms with Gasteiger partial charge in [0.25, 0.3) is 0 Å². The molecule has 0 aliphatic heterocycles. The van der Waals surface area contributed by atoms with Crippen molar-refractivity contribution in [2.45, 2.75) is 39.3 Å². The summed E-state index contributed by atoms with van der Waals surface area (Å²) in [6.45, 7) is 6.17. The Bertz CT molecular complexity index is 491. The number of nitriles is 1. The number of carbonyl (C=O) groups is 1. The maximum atomic E-state index is 12.2. The molecular weight excluding hydrogens is 252 g/mol. The van der Waals surface area contributed by atoms with Crippen LogP contribution >= 0.6 is 0 Å². The molecular formula is C15H22N4O. The van der Waals surface area contributed by atoms with Crippen LogP contribution in [0.15, 0.2) is 24.3 Å². The first-order valence-corrected chi connectivity index (χ1v) is 6.75. The van der Waals surface area contributed by atoms with Crippen molar-refractivity contribution in [3.63, 3.8) is 0 Å². The van der Waals surface area contributed by atoms with Gasteiger partial charge in [0.15, 0.2) is 0 Å². The number of nitrogens with zero attached hydrogens (tertiary/aromatic N) is 2. The molecule has 3 N–H and O–H groups in total. The van der Waals surface area contributed by atoms with Crippen molar-refractivity contribution >= 4 is 11.7 Å². The first-order chi connectivity index (χ1) is 9.45. The standard InChI is InChI=1S/C15H22N4O/c1-11(2)19(9-5-8-16)15(20)18-14-7-4-6-13(10-14)12(3)17/h4,6-7,10-12H,5,9,17H2,1-3H3,(H,18,20). The Hall–Kier alpha value is -2.06. The fraction of sp³-hybridized carbons (Fsp3) is 0.467. The van der Waals surface area contributed by atoms with Crippen LogP contribution in [0.25, 0.3) is 0 Å². The monoisotopic (exact) mass is 274 g/mol. The summed E-state index contributed by atoms with van der Waals surface area (Å²) in [6.07, 6.45) is 0.325. The molecule has 0 aromatic heterocycles. The zero-order chi connectivity index (χ0) is 15.1. The van der Waals surface area contributed by atoms with E-state index in [-0.39, 0.29) is 18.1 Å². The number of benzene rings is 1. The molecule has 0 aliphatic rings. The molecule has 5 heteroatoms. The number of nitrogens with one attached hydrogen (secondary N) is 1. The third kappa shape index (κ3) is 4.56. The lowest BCUT2D eigenvalue weighted by molar-refractivity contribution is 0.198. The molecule has 108 valence electrons. The van der Waals surface area contributed by atoms with Crippen LogP contribution in [-0.4, -0.2) is 23.5 Å². The van der Waals surface area contributed by atoms with Gasteiger partial charge in [0, 0.05) is 24.3 Å². The molecule has 1 aromatic carbocycles. The molecule has 1 atom stereocenters. The van der Waals surface area contributed by atoms with Crippen LogP contribution in [0.1, 0.15) is 38.8 Å². The number of urea groups is 1. The molecule has 5 nitrogen and oxygen atoms in total. The number of nitrogens with two attached hydrogens (primary N) is 1. The lowest BCUT2D eigenvalue weighted by atomic mass is 10.1. The second-order valence-electron chi connectivity index (χ2n) is 5.04. The Morgan fingerprint density at radius 1 is 1.45 bits per heavy atom. The minimum absolute atomic E-state index is 0.0416. The molecule has 0 spiro atoms. The van der Waals surface area contributed by atoms with Gasteiger partial charge in [0.2, 0.25) is 0 Å². The van der Waals surface area contributed by atoms with Gasteiger partial charge in [-0.05, 0) is 38.5 Å². The van der Waals surface area contributed by atoms with Crippen molar-refractivity contribution in [2.24, 2.45) is 5.73 Å². The molecule has 0 fully saturated rings. The van der Waals surface area contributed by atoms with E-state index < -0.39 is 0 Å². The molecule has 1 unspecified atom stereocenters. The van der Waals surface area contributed by atoms with Gasteiger partial charge in [0.05, 0.1) is 12.5 Å². The van der Waals surface area contributed by atoms with Crippen LogP contribution in [0.3, 0.4) is 0 Å². The Morgan fingerprint density at radius 2 is 2.15 bits per heavy atom. The summed E-state index contributed by atoms with van der Waals surface area (Å²) in [4.78, 5) is 13.9. The molecule has 0 saturated heterocycles. The third-order valence-electron chi connectivity index (χ3n) is 3.01. The second kappa shape index (κ2) is 7.51. The van der Waals surface area contributed by atoms with Crippen LogP contribution in [0.4, 0.5) is 10.5 Å². The van der Waals surface area contributed by atoms with Crippen molar-refractivity contribution in [3.8, 4) is 6.07 Å². The number of hydrogen-bond acceptors (Lipinski definition) is 3. The molecule has 0 bridgehead atoms. The van der Waals surface area contributed by atoms with Gasteiger partial charge in [-0.25, -0.2) is 4.79 Å². The first kappa shape index (κ1) is 16.0. The highest BCUT2D eigenvalue weighted by atomic mass is 16.2. The summed E-state index contributed by atoms with van der Waals surface area (Å²) < 4.78 is 0. The Balaban J connectivity index is 2.77. The average Bonchev–Trinajstić information content (AvgIpc) is 2.39. The highest BCUT2D eigenvalue weighted by Gasteiger charge is 2.16. The quantitative estimate of drug-likeness (QED) is 0.866. The Kier molecular flexibility index (Phi) is 6.01. The fourth-order valence-corrected chi connectivity index (χ4v) is 1.86. The summed E-state index contributed by atoms with van der Waals surface area (Å²) in [5, 5.41) is 11.5. The number of anilines is 1. The lowest BCUT2D eigenvalue weighted by Crippen LogP contribution is -2.40. The van der Waals surface area contributed by atoms with Crippen LogP contribution in [-0.2, 0) is 0 Å². The normalized spacial score (nSPS) is 11.8. The molecule has 0 heterocycles. The third-order valence-corrected chi connectivity index (χ3v) is 3.01. The Morgan fingerprint density at radius 3 is 2.70 bits per heavy atom. The van der Waals surface area contributed by atoms with Gasteiger partial charge in [-0.1, -0.05) is 12.1 Å². The number of rotatable bonds is 5. The smallest absolute Gasteiger partial charge is 0.322 e. The topological polar surface area (TPSA) is 82.2 Å². The van der Waals surface area contributed by atoms with Gasteiger partial charge < -0.3 is 16.0 Å². The van der Waals surface area contributed by atoms with Crippen molar-refractivity contribution in [2.75, 3.05) is 11.9 Å². The van der Waals surface area contributed by atoms with Crippen LogP contribution in [0.5, 0.6) is 0 Å². The van der Waals surface area contributed by atoms with E-state index in [4.69, 9.17) is 11.0 Å². The number of carbonyl (C=O) groups excluding carboxylic acids is 1. The first-order valence-electron chi connectivity index (χ1n) is 6.75. The molecule has 2 amide bonds. The lowest BCUT2D eigenvalue weighted by Gasteiger charge is -2.26. The van der Waals surface area contributed by atoms with Crippen LogP contribution in [0.2, 0.25) is 0 Å². The average molecular weight is 274 g/mol. The Labute approximate surface area is 120 Å². The van der Waals surface area contributed by atoms with Crippen molar-refractivity contribution in [1.29, 1.82) is 5.26 Å². The van der Waals surface area contributed by atoms with Crippen LogP contribution < -0.4 is 11.1 Å². The summed E-state index contributed by atoms with van der Waals surface area (Å²) in [5.74, 6) is 0. The second-order valence-corrected chi connectivity index (χ2v) is 5.04. The summed E-state index contributed by atoms with van der Waals surface area (Å²) in [5.41, 5.74) is 7.51. The highest BCUT2D eigenvalue weighted by Crippen LogP contribution is 2.16. The van der Waals surface area contributed by atoms with Crippen molar-refractivity contribution in [3.05, 3.63) is 29.8 Å². The SMILES string of the molecule is CC(N)c1cccc(NC(=O)N(CCC#N)C(C)C)c1. The van der Waals surface area contributed by atoms with Crippen molar-refractivity contribution < 1.29 is 4.79 Å². The van der Waals surface area contributed by atoms with E-state index in [1.54, 1.807) is 4.90 Å². The summed E-state index contributed by atoms with van der Waals surface area (Å²) in [7, 11) is 0. The zero-order valence-electron chi connectivity index (χ0n) is 12.3. The highest BCUT2D eigenvalue weighted by molar-refractivity contribution is 5.89. The minimum Gasteiger partial charge on any atom is -0.324 e. The van der Waals surface area contributed by atoms with Crippen molar-refractivity contribution in [1.82, 2.24) is 4.90 Å². The zero-order valence-corrected chi connectivity index (χ0v) is 12.3. The predicted octanol–water partition coefficient (Wildman–Crippen LogP) is 2.86. The fourth-order valence-electron chi connectivity index (χ4n) is 1.86. The summed E-state index contributed by atoms with van der Waals surface area (Å²) >= 11 is 0. The van der Waals surface area contributed by atoms with E-state index in [2.05, 4.69) is 11.4 Å². The van der Waals surface area contributed by atoms with Gasteiger partial charge in [-0.2, -0.15) is 5.26 Å². The van der Waals surface area contributed by atoms with Gasteiger partial charge in [0.1, 0.15) is 0 Å². The largest absolute Gasteiger partial charge is 0.324 e. The van der Waals surface area contributed by atoms with Gasteiger partial charge in [-0.15, -0.1) is 0 Å². The van der Waals surface area contributed by atoms with Crippen LogP contribution in [0, 0.1) is 11.3 Å². The molecule has 1 aromatic rings.